The largest absolute Gasteiger partial charge is 0.458 e. The van der Waals surface area contributed by atoms with Crippen LogP contribution in [0.5, 0.6) is 0 Å². The minimum Gasteiger partial charge on any atom is -0.458 e. The maximum absolute atomic E-state index is 11.5. The van der Waals surface area contributed by atoms with Crippen molar-refractivity contribution in [3.63, 3.8) is 0 Å². The van der Waals surface area contributed by atoms with Gasteiger partial charge >= 0.3 is 5.97 Å². The van der Waals surface area contributed by atoms with Crippen molar-refractivity contribution in [2.45, 2.75) is 48.0 Å². The molecule has 0 atom stereocenters. The molecule has 0 rings (SSSR count). The maximum Gasteiger partial charge on any atom is 0.333 e. The van der Waals surface area contributed by atoms with Gasteiger partial charge in [-0.3, -0.25) is 0 Å². The van der Waals surface area contributed by atoms with E-state index in [4.69, 9.17) is 4.74 Å². The fourth-order valence-corrected chi connectivity index (χ4v) is 1.17. The topological polar surface area (TPSA) is 26.3 Å². The first-order valence-electron chi connectivity index (χ1n) is 6.32. The van der Waals surface area contributed by atoms with Gasteiger partial charge in [0.2, 0.25) is 0 Å². The number of rotatable bonds is 6. The van der Waals surface area contributed by atoms with E-state index in [0.717, 1.165) is 6.42 Å². The fourth-order valence-electron chi connectivity index (χ4n) is 1.17. The standard InChI is InChI=1S/C15H26O2/c1-7-9-13(4)14(16)17-11-8-10-15(5,6)12(2)3/h8-10,12H,7,11H2,1-6H3/b10-8?,13-9+. The molecule has 0 aliphatic rings. The Bertz CT molecular complexity index is 296. The average molecular weight is 238 g/mol. The highest BCUT2D eigenvalue weighted by molar-refractivity contribution is 5.87. The van der Waals surface area contributed by atoms with Crippen LogP contribution in [-0.4, -0.2) is 12.6 Å². The van der Waals surface area contributed by atoms with Crippen molar-refractivity contribution in [2.75, 3.05) is 6.61 Å². The zero-order valence-corrected chi connectivity index (χ0v) is 12.0. The first-order chi connectivity index (χ1) is 7.81. The van der Waals surface area contributed by atoms with Crippen molar-refractivity contribution in [3.05, 3.63) is 23.8 Å². The van der Waals surface area contributed by atoms with Crippen LogP contribution in [0.25, 0.3) is 0 Å². The molecule has 98 valence electrons. The Balaban J connectivity index is 4.13. The van der Waals surface area contributed by atoms with Crippen molar-refractivity contribution in [3.8, 4) is 0 Å². The Morgan fingerprint density at radius 3 is 2.41 bits per heavy atom. The molecule has 0 amide bonds. The van der Waals surface area contributed by atoms with E-state index in [0.29, 0.717) is 18.1 Å². The maximum atomic E-state index is 11.5. The van der Waals surface area contributed by atoms with Gasteiger partial charge < -0.3 is 4.74 Å². The molecule has 0 aromatic heterocycles. The van der Waals surface area contributed by atoms with Gasteiger partial charge in [0.15, 0.2) is 0 Å². The molecule has 0 unspecified atom stereocenters. The smallest absolute Gasteiger partial charge is 0.333 e. The quantitative estimate of drug-likeness (QED) is 0.395. The Kier molecular flexibility index (Phi) is 6.86. The van der Waals surface area contributed by atoms with E-state index in [2.05, 4.69) is 33.8 Å². The molecule has 2 nitrogen and oxygen atoms in total. The molecule has 0 bridgehead atoms. The van der Waals surface area contributed by atoms with Gasteiger partial charge in [-0.1, -0.05) is 52.8 Å². The average Bonchev–Trinajstić information content (AvgIpc) is 2.24. The lowest BCUT2D eigenvalue weighted by molar-refractivity contribution is -0.137. The van der Waals surface area contributed by atoms with Crippen LogP contribution in [-0.2, 0) is 9.53 Å². The summed E-state index contributed by atoms with van der Waals surface area (Å²) in [5, 5.41) is 0. The fraction of sp³-hybridized carbons (Fsp3) is 0.667. The van der Waals surface area contributed by atoms with Crippen LogP contribution >= 0.6 is 0 Å². The summed E-state index contributed by atoms with van der Waals surface area (Å²) in [7, 11) is 0. The first kappa shape index (κ1) is 16.0. The Labute approximate surface area is 106 Å². The molecule has 0 aromatic rings. The number of hydrogen-bond acceptors (Lipinski definition) is 2. The van der Waals surface area contributed by atoms with E-state index in [1.165, 1.54) is 0 Å². The summed E-state index contributed by atoms with van der Waals surface area (Å²) < 4.78 is 5.14. The van der Waals surface area contributed by atoms with Crippen LogP contribution in [0.4, 0.5) is 0 Å². The van der Waals surface area contributed by atoms with Crippen molar-refractivity contribution in [1.29, 1.82) is 0 Å². The summed E-state index contributed by atoms with van der Waals surface area (Å²) in [4.78, 5) is 11.5. The molecule has 0 aliphatic heterocycles. The van der Waals surface area contributed by atoms with Crippen LogP contribution in [0.3, 0.4) is 0 Å². The number of allylic oxidation sites excluding steroid dienone is 2. The van der Waals surface area contributed by atoms with Gasteiger partial charge in [0, 0.05) is 5.57 Å². The summed E-state index contributed by atoms with van der Waals surface area (Å²) in [6.07, 6.45) is 6.78. The van der Waals surface area contributed by atoms with Gasteiger partial charge in [0.1, 0.15) is 6.61 Å². The molecule has 0 aromatic carbocycles. The lowest BCUT2D eigenvalue weighted by Gasteiger charge is -2.24. The Morgan fingerprint density at radius 2 is 1.94 bits per heavy atom. The van der Waals surface area contributed by atoms with Crippen LogP contribution in [0.1, 0.15) is 48.0 Å². The molecular formula is C15H26O2. The van der Waals surface area contributed by atoms with E-state index in [9.17, 15) is 4.79 Å². The van der Waals surface area contributed by atoms with Crippen LogP contribution in [0.2, 0.25) is 0 Å². The van der Waals surface area contributed by atoms with Crippen LogP contribution in [0, 0.1) is 11.3 Å². The Hall–Kier alpha value is -1.05. The number of esters is 1. The highest BCUT2D eigenvalue weighted by Gasteiger charge is 2.17. The SMILES string of the molecule is CC/C=C(\C)C(=O)OCC=CC(C)(C)C(C)C. The number of carbonyl (C=O) groups excluding carboxylic acids is 1. The molecule has 0 N–H and O–H groups in total. The summed E-state index contributed by atoms with van der Waals surface area (Å²) in [5.74, 6) is 0.343. The first-order valence-corrected chi connectivity index (χ1v) is 6.32. The van der Waals surface area contributed by atoms with Gasteiger partial charge in [-0.2, -0.15) is 0 Å². The monoisotopic (exact) mass is 238 g/mol. The predicted octanol–water partition coefficient (Wildman–Crippen LogP) is 4.12. The molecule has 0 saturated carbocycles. The van der Waals surface area contributed by atoms with E-state index >= 15 is 0 Å². The molecule has 0 spiro atoms. The minimum atomic E-state index is -0.223. The van der Waals surface area contributed by atoms with Crippen molar-refractivity contribution >= 4 is 5.97 Å². The third-order valence-corrected chi connectivity index (χ3v) is 3.18. The van der Waals surface area contributed by atoms with Gasteiger partial charge in [-0.05, 0) is 24.7 Å². The third kappa shape index (κ3) is 6.30. The van der Waals surface area contributed by atoms with E-state index in [-0.39, 0.29) is 11.4 Å². The molecule has 0 saturated heterocycles. The van der Waals surface area contributed by atoms with Crippen molar-refractivity contribution in [1.82, 2.24) is 0 Å². The molecule has 0 radical (unpaired) electrons. The highest BCUT2D eigenvalue weighted by Crippen LogP contribution is 2.27. The summed E-state index contributed by atoms with van der Waals surface area (Å²) >= 11 is 0. The normalized spacial score (nSPS) is 13.5. The minimum absolute atomic E-state index is 0.140. The van der Waals surface area contributed by atoms with E-state index in [1.54, 1.807) is 6.92 Å². The van der Waals surface area contributed by atoms with Crippen molar-refractivity contribution < 1.29 is 9.53 Å². The number of hydrogen-bond donors (Lipinski definition) is 0. The van der Waals surface area contributed by atoms with Crippen LogP contribution < -0.4 is 0 Å². The second kappa shape index (κ2) is 7.31. The molecule has 0 heterocycles. The third-order valence-electron chi connectivity index (χ3n) is 3.18. The van der Waals surface area contributed by atoms with Gasteiger partial charge in [-0.15, -0.1) is 0 Å². The van der Waals surface area contributed by atoms with Crippen LogP contribution in [0.15, 0.2) is 23.8 Å². The zero-order valence-electron chi connectivity index (χ0n) is 12.0. The summed E-state index contributed by atoms with van der Waals surface area (Å²) in [6, 6.07) is 0. The molecular weight excluding hydrogens is 212 g/mol. The zero-order chi connectivity index (χ0) is 13.5. The molecule has 0 fully saturated rings. The molecule has 2 heteroatoms. The van der Waals surface area contributed by atoms with E-state index < -0.39 is 0 Å². The lowest BCUT2D eigenvalue weighted by Crippen LogP contribution is -2.16. The predicted molar refractivity (Wildman–Crippen MR) is 72.8 cm³/mol. The second-order valence-electron chi connectivity index (χ2n) is 5.27. The van der Waals surface area contributed by atoms with E-state index in [1.807, 2.05) is 19.1 Å². The summed E-state index contributed by atoms with van der Waals surface area (Å²) in [5.41, 5.74) is 0.824. The number of carbonyl (C=O) groups is 1. The van der Waals surface area contributed by atoms with Gasteiger partial charge in [-0.25, -0.2) is 4.79 Å². The molecule has 17 heavy (non-hydrogen) atoms. The molecule has 0 aliphatic carbocycles. The van der Waals surface area contributed by atoms with Crippen molar-refractivity contribution in [2.24, 2.45) is 11.3 Å². The Morgan fingerprint density at radius 1 is 1.35 bits per heavy atom. The highest BCUT2D eigenvalue weighted by atomic mass is 16.5. The lowest BCUT2D eigenvalue weighted by atomic mass is 9.81. The number of ether oxygens (including phenoxy) is 1. The van der Waals surface area contributed by atoms with Gasteiger partial charge in [0.25, 0.3) is 0 Å². The summed E-state index contributed by atoms with van der Waals surface area (Å²) in [6.45, 7) is 12.9. The van der Waals surface area contributed by atoms with Gasteiger partial charge in [0.05, 0.1) is 0 Å². The second-order valence-corrected chi connectivity index (χ2v) is 5.27.